The van der Waals surface area contributed by atoms with Crippen LogP contribution in [-0.2, 0) is 0 Å². The number of hydrogen-bond donors (Lipinski definition) is 2. The summed E-state index contributed by atoms with van der Waals surface area (Å²) in [6, 6.07) is 4.71. The molecule has 1 aromatic carbocycles. The van der Waals surface area contributed by atoms with Crippen LogP contribution in [0.1, 0.15) is 26.2 Å². The molecule has 0 bridgehead atoms. The summed E-state index contributed by atoms with van der Waals surface area (Å²) in [5, 5.41) is 6.61. The number of benzene rings is 1. The van der Waals surface area contributed by atoms with Crippen molar-refractivity contribution in [2.24, 2.45) is 0 Å². The number of anilines is 1. The third-order valence-electron chi connectivity index (χ3n) is 3.13. The van der Waals surface area contributed by atoms with Crippen LogP contribution >= 0.6 is 0 Å². The number of rotatable bonds is 4. The first-order chi connectivity index (χ1) is 8.15. The summed E-state index contributed by atoms with van der Waals surface area (Å²) in [7, 11) is 0. The average Bonchev–Trinajstić information content (AvgIpc) is 2.76. The van der Waals surface area contributed by atoms with E-state index in [4.69, 9.17) is 0 Å². The highest BCUT2D eigenvalue weighted by atomic mass is 19.2. The van der Waals surface area contributed by atoms with E-state index >= 15 is 0 Å². The van der Waals surface area contributed by atoms with E-state index < -0.39 is 11.6 Å². The second-order valence-corrected chi connectivity index (χ2v) is 4.70. The molecule has 1 aromatic rings. The second kappa shape index (κ2) is 5.45. The highest BCUT2D eigenvalue weighted by Gasteiger charge is 2.17. The summed E-state index contributed by atoms with van der Waals surface area (Å²) in [6.07, 6.45) is 3.42. The van der Waals surface area contributed by atoms with Gasteiger partial charge in [-0.15, -0.1) is 0 Å². The molecule has 2 unspecified atom stereocenters. The minimum atomic E-state index is -0.805. The first kappa shape index (κ1) is 12.3. The van der Waals surface area contributed by atoms with Gasteiger partial charge in [-0.1, -0.05) is 0 Å². The first-order valence-electron chi connectivity index (χ1n) is 6.10. The van der Waals surface area contributed by atoms with Crippen LogP contribution in [0.15, 0.2) is 18.2 Å². The normalized spacial score (nSPS) is 21.5. The Hall–Kier alpha value is -1.16. The lowest BCUT2D eigenvalue weighted by Gasteiger charge is -2.19. The van der Waals surface area contributed by atoms with Gasteiger partial charge < -0.3 is 10.6 Å². The summed E-state index contributed by atoms with van der Waals surface area (Å²) in [5.74, 6) is -1.61. The molecule has 2 N–H and O–H groups in total. The van der Waals surface area contributed by atoms with Crippen LogP contribution in [0.5, 0.6) is 0 Å². The molecule has 2 rings (SSSR count). The van der Waals surface area contributed by atoms with Gasteiger partial charge in [0.2, 0.25) is 0 Å². The van der Waals surface area contributed by atoms with Crippen molar-refractivity contribution in [2.75, 3.05) is 11.9 Å². The van der Waals surface area contributed by atoms with Crippen molar-refractivity contribution in [3.63, 3.8) is 0 Å². The summed E-state index contributed by atoms with van der Waals surface area (Å²) < 4.78 is 25.8. The number of nitrogens with one attached hydrogen (secondary N) is 2. The van der Waals surface area contributed by atoms with Crippen molar-refractivity contribution < 1.29 is 8.78 Å². The second-order valence-electron chi connectivity index (χ2n) is 4.70. The summed E-state index contributed by atoms with van der Waals surface area (Å²) in [4.78, 5) is 0. The molecule has 1 aliphatic heterocycles. The fourth-order valence-corrected chi connectivity index (χ4v) is 2.31. The molecule has 1 heterocycles. The fraction of sp³-hybridized carbons (Fsp3) is 0.538. The Balaban J connectivity index is 1.88. The zero-order valence-corrected chi connectivity index (χ0v) is 9.97. The highest BCUT2D eigenvalue weighted by Crippen LogP contribution is 2.17. The van der Waals surface area contributed by atoms with Gasteiger partial charge in [-0.2, -0.15) is 0 Å². The molecule has 17 heavy (non-hydrogen) atoms. The SMILES string of the molecule is CC(CC1CCCN1)Nc1ccc(F)c(F)c1. The van der Waals surface area contributed by atoms with Crippen molar-refractivity contribution in [1.82, 2.24) is 5.32 Å². The third-order valence-corrected chi connectivity index (χ3v) is 3.13. The molecule has 2 nitrogen and oxygen atoms in total. The molecule has 2 atom stereocenters. The zero-order chi connectivity index (χ0) is 12.3. The predicted molar refractivity (Wildman–Crippen MR) is 65.1 cm³/mol. The van der Waals surface area contributed by atoms with Crippen molar-refractivity contribution >= 4 is 5.69 Å². The van der Waals surface area contributed by atoms with Crippen molar-refractivity contribution in [2.45, 2.75) is 38.3 Å². The van der Waals surface area contributed by atoms with Gasteiger partial charge in [-0.05, 0) is 44.9 Å². The molecule has 0 spiro atoms. The molecule has 1 aliphatic rings. The quantitative estimate of drug-likeness (QED) is 0.845. The maximum absolute atomic E-state index is 13.0. The predicted octanol–water partition coefficient (Wildman–Crippen LogP) is 2.91. The molecule has 94 valence electrons. The standard InChI is InChI=1S/C13H18F2N2/c1-9(7-10-3-2-6-16-10)17-11-4-5-12(14)13(15)8-11/h4-5,8-10,16-17H,2-3,6-7H2,1H3. The average molecular weight is 240 g/mol. The number of hydrogen-bond acceptors (Lipinski definition) is 2. The molecule has 0 saturated carbocycles. The molecule has 4 heteroatoms. The van der Waals surface area contributed by atoms with Gasteiger partial charge in [0.1, 0.15) is 0 Å². The van der Waals surface area contributed by atoms with Crippen LogP contribution < -0.4 is 10.6 Å². The van der Waals surface area contributed by atoms with Gasteiger partial charge in [0, 0.05) is 23.8 Å². The lowest BCUT2D eigenvalue weighted by Crippen LogP contribution is -2.29. The Labute approximate surface area is 100 Å². The van der Waals surface area contributed by atoms with E-state index in [1.807, 2.05) is 0 Å². The van der Waals surface area contributed by atoms with Gasteiger partial charge >= 0.3 is 0 Å². The Morgan fingerprint density at radius 2 is 2.24 bits per heavy atom. The Morgan fingerprint density at radius 3 is 2.88 bits per heavy atom. The maximum Gasteiger partial charge on any atom is 0.160 e. The van der Waals surface area contributed by atoms with Crippen LogP contribution in [-0.4, -0.2) is 18.6 Å². The molecule has 0 aliphatic carbocycles. The topological polar surface area (TPSA) is 24.1 Å². The van der Waals surface area contributed by atoms with Crippen LogP contribution in [0.4, 0.5) is 14.5 Å². The molecule has 0 amide bonds. The fourth-order valence-electron chi connectivity index (χ4n) is 2.31. The van der Waals surface area contributed by atoms with E-state index in [1.165, 1.54) is 18.9 Å². The van der Waals surface area contributed by atoms with Crippen LogP contribution in [0.2, 0.25) is 0 Å². The lowest BCUT2D eigenvalue weighted by molar-refractivity contribution is 0.507. The minimum Gasteiger partial charge on any atom is -0.382 e. The van der Waals surface area contributed by atoms with E-state index in [2.05, 4.69) is 17.6 Å². The van der Waals surface area contributed by atoms with Gasteiger partial charge in [0.25, 0.3) is 0 Å². The van der Waals surface area contributed by atoms with Gasteiger partial charge in [-0.25, -0.2) is 8.78 Å². The summed E-state index contributed by atoms with van der Waals surface area (Å²) >= 11 is 0. The summed E-state index contributed by atoms with van der Waals surface area (Å²) in [5.41, 5.74) is 0.634. The van der Waals surface area contributed by atoms with Crippen LogP contribution in [0, 0.1) is 11.6 Å². The van der Waals surface area contributed by atoms with Crippen LogP contribution in [0.25, 0.3) is 0 Å². The van der Waals surface area contributed by atoms with Gasteiger partial charge in [-0.3, -0.25) is 0 Å². The highest BCUT2D eigenvalue weighted by molar-refractivity contribution is 5.44. The van der Waals surface area contributed by atoms with Gasteiger partial charge in [0.05, 0.1) is 0 Å². The summed E-state index contributed by atoms with van der Waals surface area (Å²) in [6.45, 7) is 3.14. The maximum atomic E-state index is 13.0. The van der Waals surface area contributed by atoms with E-state index in [0.717, 1.165) is 19.0 Å². The monoisotopic (exact) mass is 240 g/mol. The molecule has 1 fully saturated rings. The molecular formula is C13H18F2N2. The van der Waals surface area contributed by atoms with E-state index in [-0.39, 0.29) is 6.04 Å². The Bertz CT molecular complexity index is 376. The lowest BCUT2D eigenvalue weighted by atomic mass is 10.1. The van der Waals surface area contributed by atoms with E-state index in [1.54, 1.807) is 6.07 Å². The van der Waals surface area contributed by atoms with E-state index in [0.29, 0.717) is 11.7 Å². The zero-order valence-electron chi connectivity index (χ0n) is 9.97. The van der Waals surface area contributed by atoms with Crippen LogP contribution in [0.3, 0.4) is 0 Å². The third kappa shape index (κ3) is 3.40. The van der Waals surface area contributed by atoms with E-state index in [9.17, 15) is 8.78 Å². The smallest absolute Gasteiger partial charge is 0.160 e. The van der Waals surface area contributed by atoms with Gasteiger partial charge in [0.15, 0.2) is 11.6 Å². The van der Waals surface area contributed by atoms with Crippen molar-refractivity contribution in [3.8, 4) is 0 Å². The Kier molecular flexibility index (Phi) is 3.94. The van der Waals surface area contributed by atoms with Crippen molar-refractivity contribution in [1.29, 1.82) is 0 Å². The number of halogens is 2. The molecule has 1 saturated heterocycles. The molecule has 0 radical (unpaired) electrons. The van der Waals surface area contributed by atoms with Crippen molar-refractivity contribution in [3.05, 3.63) is 29.8 Å². The minimum absolute atomic E-state index is 0.246. The largest absolute Gasteiger partial charge is 0.382 e. The Morgan fingerprint density at radius 1 is 1.41 bits per heavy atom. The first-order valence-corrected chi connectivity index (χ1v) is 6.10. The molecule has 0 aromatic heterocycles. The molecular weight excluding hydrogens is 222 g/mol.